The van der Waals surface area contributed by atoms with Crippen LogP contribution >= 0.6 is 11.3 Å². The van der Waals surface area contributed by atoms with Crippen molar-refractivity contribution in [1.29, 1.82) is 0 Å². The van der Waals surface area contributed by atoms with Crippen LogP contribution in [0.5, 0.6) is 0 Å². The lowest BCUT2D eigenvalue weighted by atomic mass is 9.86. The molecule has 2 unspecified atom stereocenters. The van der Waals surface area contributed by atoms with Crippen molar-refractivity contribution in [2.24, 2.45) is 0 Å². The first-order valence-corrected chi connectivity index (χ1v) is 8.40. The van der Waals surface area contributed by atoms with E-state index in [-0.39, 0.29) is 6.10 Å². The Kier molecular flexibility index (Phi) is 4.20. The molecule has 3 nitrogen and oxygen atoms in total. The molecule has 1 saturated carbocycles. The van der Waals surface area contributed by atoms with E-state index < -0.39 is 0 Å². The molecule has 2 fully saturated rings. The summed E-state index contributed by atoms with van der Waals surface area (Å²) >= 11 is 1.91. The Morgan fingerprint density at radius 1 is 1.42 bits per heavy atom. The average molecular weight is 280 g/mol. The number of hydrogen-bond donors (Lipinski definition) is 1. The third kappa shape index (κ3) is 3.18. The highest BCUT2D eigenvalue weighted by atomic mass is 32.1. The van der Waals surface area contributed by atoms with E-state index in [1.807, 2.05) is 18.3 Å². The molecule has 19 heavy (non-hydrogen) atoms. The fraction of sp³-hybridized carbons (Fsp3) is 0.800. The second-order valence-electron chi connectivity index (χ2n) is 6.14. The van der Waals surface area contributed by atoms with Crippen molar-refractivity contribution < 1.29 is 5.11 Å². The molecule has 0 amide bonds. The summed E-state index contributed by atoms with van der Waals surface area (Å²) in [4.78, 5) is 8.54. The van der Waals surface area contributed by atoms with Crippen LogP contribution in [0.4, 0.5) is 0 Å². The second-order valence-corrected chi connectivity index (χ2v) is 7.29. The van der Waals surface area contributed by atoms with Crippen LogP contribution in [0.15, 0.2) is 6.20 Å². The fourth-order valence-electron chi connectivity index (χ4n) is 3.20. The predicted octanol–water partition coefficient (Wildman–Crippen LogP) is 3.15. The topological polar surface area (TPSA) is 36.4 Å². The maximum atomic E-state index is 9.58. The van der Waals surface area contributed by atoms with Crippen molar-refractivity contribution in [3.05, 3.63) is 16.1 Å². The molecule has 2 heterocycles. The van der Waals surface area contributed by atoms with Crippen LogP contribution in [0.2, 0.25) is 0 Å². The molecule has 1 aliphatic carbocycles. The maximum absolute atomic E-state index is 9.58. The largest absolute Gasteiger partial charge is 0.393 e. The van der Waals surface area contributed by atoms with Crippen molar-refractivity contribution in [2.75, 3.05) is 6.54 Å². The van der Waals surface area contributed by atoms with Crippen molar-refractivity contribution in [3.63, 3.8) is 0 Å². The quantitative estimate of drug-likeness (QED) is 0.900. The fourth-order valence-corrected chi connectivity index (χ4v) is 4.32. The molecule has 2 atom stereocenters. The van der Waals surface area contributed by atoms with Crippen LogP contribution in [-0.4, -0.2) is 33.7 Å². The van der Waals surface area contributed by atoms with Crippen LogP contribution in [0.25, 0.3) is 0 Å². The number of aliphatic hydroxyl groups excluding tert-OH is 1. The normalized spacial score (nSPS) is 26.5. The first-order valence-electron chi connectivity index (χ1n) is 7.59. The van der Waals surface area contributed by atoms with E-state index in [0.717, 1.165) is 18.9 Å². The van der Waals surface area contributed by atoms with E-state index in [2.05, 4.69) is 16.1 Å². The Bertz CT molecular complexity index is 414. The Morgan fingerprint density at radius 3 is 2.95 bits per heavy atom. The summed E-state index contributed by atoms with van der Waals surface area (Å²) < 4.78 is 0. The smallest absolute Gasteiger partial charge is 0.0959 e. The number of hydrogen-bond acceptors (Lipinski definition) is 4. The van der Waals surface area contributed by atoms with Gasteiger partial charge in [-0.15, -0.1) is 11.3 Å². The first-order chi connectivity index (χ1) is 9.22. The van der Waals surface area contributed by atoms with Crippen LogP contribution in [-0.2, 0) is 6.54 Å². The van der Waals surface area contributed by atoms with Gasteiger partial charge < -0.3 is 5.11 Å². The van der Waals surface area contributed by atoms with E-state index >= 15 is 0 Å². The number of thiazole rings is 1. The Morgan fingerprint density at radius 2 is 2.26 bits per heavy atom. The minimum atomic E-state index is -0.183. The van der Waals surface area contributed by atoms with Gasteiger partial charge in [0.15, 0.2) is 0 Å². The molecule has 2 aliphatic rings. The Hall–Kier alpha value is -0.450. The summed E-state index contributed by atoms with van der Waals surface area (Å²) in [5, 5.41) is 10.9. The molecule has 1 aromatic heterocycles. The van der Waals surface area contributed by atoms with E-state index in [1.165, 1.54) is 48.5 Å². The molecule has 0 bridgehead atoms. The zero-order chi connectivity index (χ0) is 13.2. The summed E-state index contributed by atoms with van der Waals surface area (Å²) in [6, 6.07) is 0.564. The van der Waals surface area contributed by atoms with Gasteiger partial charge in [0.1, 0.15) is 0 Å². The van der Waals surface area contributed by atoms with Gasteiger partial charge in [-0.25, -0.2) is 4.98 Å². The molecule has 0 spiro atoms. The van der Waals surface area contributed by atoms with Crippen LogP contribution < -0.4 is 0 Å². The van der Waals surface area contributed by atoms with E-state index in [4.69, 9.17) is 0 Å². The molecule has 106 valence electrons. The number of aliphatic hydroxyl groups is 1. The highest BCUT2D eigenvalue weighted by molar-refractivity contribution is 7.11. The summed E-state index contributed by atoms with van der Waals surface area (Å²) in [6.45, 7) is 4.10. The number of likely N-dealkylation sites (tertiary alicyclic amines) is 1. The number of nitrogens with zero attached hydrogens (tertiary/aromatic N) is 2. The molecular weight excluding hydrogens is 256 g/mol. The van der Waals surface area contributed by atoms with Crippen LogP contribution in [0, 0.1) is 0 Å². The maximum Gasteiger partial charge on any atom is 0.0959 e. The zero-order valence-corrected chi connectivity index (χ0v) is 12.5. The van der Waals surface area contributed by atoms with Crippen LogP contribution in [0.1, 0.15) is 61.3 Å². The monoisotopic (exact) mass is 280 g/mol. The molecular formula is C15H24N2OS. The molecule has 4 heteroatoms. The van der Waals surface area contributed by atoms with Crippen LogP contribution in [0.3, 0.4) is 0 Å². The average Bonchev–Trinajstić information content (AvgIpc) is 2.87. The first kappa shape index (κ1) is 13.5. The molecule has 3 rings (SSSR count). The van der Waals surface area contributed by atoms with Gasteiger partial charge in [-0.3, -0.25) is 4.90 Å². The molecule has 1 N–H and O–H groups in total. The van der Waals surface area contributed by atoms with Crippen molar-refractivity contribution >= 4 is 11.3 Å². The third-order valence-corrected chi connectivity index (χ3v) is 5.64. The van der Waals surface area contributed by atoms with Gasteiger partial charge in [0.25, 0.3) is 0 Å². The van der Waals surface area contributed by atoms with Gasteiger partial charge >= 0.3 is 0 Å². The van der Waals surface area contributed by atoms with Gasteiger partial charge in [-0.05, 0) is 45.6 Å². The Balaban J connectivity index is 1.58. The molecule has 0 aromatic carbocycles. The number of aromatic nitrogens is 1. The zero-order valence-electron chi connectivity index (χ0n) is 11.7. The Labute approximate surface area is 119 Å². The van der Waals surface area contributed by atoms with Gasteiger partial charge in [-0.2, -0.15) is 0 Å². The summed E-state index contributed by atoms with van der Waals surface area (Å²) in [7, 11) is 0. The lowest BCUT2D eigenvalue weighted by Crippen LogP contribution is -2.31. The lowest BCUT2D eigenvalue weighted by molar-refractivity contribution is 0.131. The van der Waals surface area contributed by atoms with Gasteiger partial charge in [0, 0.05) is 29.6 Å². The van der Waals surface area contributed by atoms with E-state index in [1.54, 1.807) is 0 Å². The summed E-state index contributed by atoms with van der Waals surface area (Å²) in [5.74, 6) is 0.755. The van der Waals surface area contributed by atoms with Crippen molar-refractivity contribution in [3.8, 4) is 0 Å². The third-order valence-electron chi connectivity index (χ3n) is 4.50. The second kappa shape index (κ2) is 5.90. The van der Waals surface area contributed by atoms with Gasteiger partial charge in [0.2, 0.25) is 0 Å². The lowest BCUT2D eigenvalue weighted by Gasteiger charge is -2.25. The van der Waals surface area contributed by atoms with E-state index in [9.17, 15) is 5.11 Å². The highest BCUT2D eigenvalue weighted by Crippen LogP contribution is 2.38. The van der Waals surface area contributed by atoms with Crippen molar-refractivity contribution in [2.45, 2.75) is 70.1 Å². The van der Waals surface area contributed by atoms with E-state index in [0.29, 0.717) is 6.04 Å². The molecule has 1 aromatic rings. The molecule has 0 radical (unpaired) electrons. The van der Waals surface area contributed by atoms with Gasteiger partial charge in [0.05, 0.1) is 11.1 Å². The standard InChI is InChI=1S/C15H24N2OS/c1-11(18)8-13-6-3-7-17(13)10-14-9-16-15(19-14)12-4-2-5-12/h9,11-13,18H,2-8,10H2,1H3. The summed E-state index contributed by atoms with van der Waals surface area (Å²) in [6.07, 6.45) is 9.36. The predicted molar refractivity (Wildman–Crippen MR) is 78.4 cm³/mol. The minimum Gasteiger partial charge on any atom is -0.393 e. The van der Waals surface area contributed by atoms with Gasteiger partial charge in [-0.1, -0.05) is 6.42 Å². The SMILES string of the molecule is CC(O)CC1CCCN1Cc1cnc(C2CCC2)s1. The molecule has 1 aliphatic heterocycles. The number of rotatable bonds is 5. The summed E-state index contributed by atoms with van der Waals surface area (Å²) in [5.41, 5.74) is 0. The highest BCUT2D eigenvalue weighted by Gasteiger charge is 2.27. The van der Waals surface area contributed by atoms with Crippen molar-refractivity contribution in [1.82, 2.24) is 9.88 Å². The molecule has 1 saturated heterocycles. The minimum absolute atomic E-state index is 0.183.